The zero-order valence-electron chi connectivity index (χ0n) is 16.7. The second kappa shape index (κ2) is 10.5. The van der Waals surface area contributed by atoms with Gasteiger partial charge in [-0.15, -0.1) is 0 Å². The summed E-state index contributed by atoms with van der Waals surface area (Å²) in [7, 11) is 0. The van der Waals surface area contributed by atoms with E-state index in [1.54, 1.807) is 12.1 Å². The number of ether oxygens (including phenoxy) is 1. The molecule has 2 N–H and O–H groups in total. The van der Waals surface area contributed by atoms with E-state index in [0.29, 0.717) is 36.3 Å². The van der Waals surface area contributed by atoms with Crippen molar-refractivity contribution in [1.82, 2.24) is 5.32 Å². The number of hydrogen-bond acceptors (Lipinski definition) is 4. The highest BCUT2D eigenvalue weighted by Crippen LogP contribution is 2.38. The van der Waals surface area contributed by atoms with Gasteiger partial charge >= 0.3 is 5.97 Å². The molecule has 2 rings (SSSR count). The highest BCUT2D eigenvalue weighted by Gasteiger charge is 2.35. The van der Waals surface area contributed by atoms with Gasteiger partial charge in [0.25, 0.3) is 0 Å². The highest BCUT2D eigenvalue weighted by molar-refractivity contribution is 5.89. The molecule has 1 aromatic rings. The van der Waals surface area contributed by atoms with Crippen molar-refractivity contribution in [3.63, 3.8) is 0 Å². The summed E-state index contributed by atoms with van der Waals surface area (Å²) in [6, 6.07) is 7.22. The summed E-state index contributed by atoms with van der Waals surface area (Å²) in [5.41, 5.74) is 1.44. The van der Waals surface area contributed by atoms with E-state index in [0.717, 1.165) is 18.4 Å². The minimum absolute atomic E-state index is 0.00402. The predicted molar refractivity (Wildman–Crippen MR) is 105 cm³/mol. The van der Waals surface area contributed by atoms with Gasteiger partial charge in [-0.3, -0.25) is 4.79 Å². The minimum atomic E-state index is -0.439. The Bertz CT molecular complexity index is 628. The van der Waals surface area contributed by atoms with Crippen molar-refractivity contribution in [3.05, 3.63) is 35.4 Å². The number of aliphatic hydroxyl groups is 1. The lowest BCUT2D eigenvalue weighted by molar-refractivity contribution is -0.129. The Morgan fingerprint density at radius 2 is 2.07 bits per heavy atom. The zero-order chi connectivity index (χ0) is 19.8. The van der Waals surface area contributed by atoms with E-state index < -0.39 is 5.97 Å². The van der Waals surface area contributed by atoms with Crippen LogP contribution in [-0.4, -0.2) is 36.7 Å². The molecule has 1 unspecified atom stereocenters. The number of esters is 1. The van der Waals surface area contributed by atoms with Crippen molar-refractivity contribution < 1.29 is 19.4 Å². The Balaban J connectivity index is 1.88. The third kappa shape index (κ3) is 6.35. The molecule has 1 aliphatic carbocycles. The van der Waals surface area contributed by atoms with E-state index in [2.05, 4.69) is 26.1 Å². The molecule has 1 amide bonds. The summed E-state index contributed by atoms with van der Waals surface area (Å²) in [5, 5.41) is 11.8. The first-order chi connectivity index (χ1) is 12.9. The monoisotopic (exact) mass is 375 g/mol. The topological polar surface area (TPSA) is 75.6 Å². The van der Waals surface area contributed by atoms with Gasteiger partial charge in [0.05, 0.1) is 12.2 Å². The van der Waals surface area contributed by atoms with Crippen molar-refractivity contribution in [3.8, 4) is 0 Å². The van der Waals surface area contributed by atoms with Gasteiger partial charge in [-0.25, -0.2) is 4.79 Å². The molecule has 1 fully saturated rings. The number of carbonyl (C=O) groups is 2. The van der Waals surface area contributed by atoms with Crippen LogP contribution in [0, 0.1) is 23.7 Å². The molecule has 0 saturated heterocycles. The van der Waals surface area contributed by atoms with Crippen molar-refractivity contribution in [2.45, 2.75) is 46.5 Å². The van der Waals surface area contributed by atoms with Gasteiger partial charge in [-0.2, -0.15) is 0 Å². The SMILES string of the molecule is CC1CC[C@@H](C(C)C)[C@H](C(=O)NCCc2cccc(C(=O)OCCO)c2)C1. The molecule has 3 atom stereocenters. The summed E-state index contributed by atoms with van der Waals surface area (Å²) in [6.45, 7) is 7.02. The van der Waals surface area contributed by atoms with Crippen LogP contribution in [0.25, 0.3) is 0 Å². The Kier molecular flexibility index (Phi) is 8.29. The van der Waals surface area contributed by atoms with E-state index in [1.807, 2.05) is 12.1 Å². The van der Waals surface area contributed by atoms with Gasteiger partial charge in [0.15, 0.2) is 0 Å². The molecule has 5 nitrogen and oxygen atoms in total. The third-order valence-corrected chi connectivity index (χ3v) is 5.56. The molecular formula is C22H33NO4. The molecule has 1 aliphatic rings. The molecule has 150 valence electrons. The molecule has 0 aliphatic heterocycles. The fourth-order valence-electron chi connectivity index (χ4n) is 4.04. The number of benzene rings is 1. The molecule has 0 heterocycles. The molecule has 0 spiro atoms. The number of nitrogens with one attached hydrogen (secondary N) is 1. The Morgan fingerprint density at radius 3 is 2.78 bits per heavy atom. The highest BCUT2D eigenvalue weighted by atomic mass is 16.5. The quantitative estimate of drug-likeness (QED) is 0.684. The zero-order valence-corrected chi connectivity index (χ0v) is 16.7. The van der Waals surface area contributed by atoms with Crippen molar-refractivity contribution in [2.75, 3.05) is 19.8 Å². The molecule has 0 bridgehead atoms. The number of aliphatic hydroxyl groups excluding tert-OH is 1. The second-order valence-corrected chi connectivity index (χ2v) is 8.03. The molecule has 0 radical (unpaired) electrons. The molecule has 27 heavy (non-hydrogen) atoms. The lowest BCUT2D eigenvalue weighted by Crippen LogP contribution is -2.40. The number of hydrogen-bond donors (Lipinski definition) is 2. The summed E-state index contributed by atoms with van der Waals surface area (Å²) in [5.74, 6) is 1.43. The van der Waals surface area contributed by atoms with E-state index in [1.165, 1.54) is 6.42 Å². The lowest BCUT2D eigenvalue weighted by Gasteiger charge is -2.36. The predicted octanol–water partition coefficient (Wildman–Crippen LogP) is 3.20. The molecular weight excluding hydrogens is 342 g/mol. The number of rotatable bonds is 8. The van der Waals surface area contributed by atoms with Crippen LogP contribution in [-0.2, 0) is 16.0 Å². The molecule has 5 heteroatoms. The maximum absolute atomic E-state index is 12.7. The van der Waals surface area contributed by atoms with Crippen LogP contribution >= 0.6 is 0 Å². The lowest BCUT2D eigenvalue weighted by atomic mass is 9.70. The summed E-state index contributed by atoms with van der Waals surface area (Å²) < 4.78 is 4.94. The van der Waals surface area contributed by atoms with Crippen LogP contribution in [0.3, 0.4) is 0 Å². The van der Waals surface area contributed by atoms with Crippen molar-refractivity contribution in [2.24, 2.45) is 23.7 Å². The number of amides is 1. The van der Waals surface area contributed by atoms with Crippen LogP contribution in [0.2, 0.25) is 0 Å². The standard InChI is InChI=1S/C22H33NO4/c1-15(2)19-8-7-16(3)13-20(19)21(25)23-10-9-17-5-4-6-18(14-17)22(26)27-12-11-24/h4-6,14-16,19-20,24H,7-13H2,1-3H3,(H,23,25)/t16?,19-,20+/m0/s1. The van der Waals surface area contributed by atoms with Crippen molar-refractivity contribution >= 4 is 11.9 Å². The molecule has 0 aromatic heterocycles. The smallest absolute Gasteiger partial charge is 0.338 e. The van der Waals surface area contributed by atoms with Crippen LogP contribution in [0.15, 0.2) is 24.3 Å². The Labute approximate surface area is 162 Å². The number of carbonyl (C=O) groups excluding carboxylic acids is 2. The van der Waals surface area contributed by atoms with Crippen LogP contribution in [0.4, 0.5) is 0 Å². The Hall–Kier alpha value is -1.88. The third-order valence-electron chi connectivity index (χ3n) is 5.56. The maximum Gasteiger partial charge on any atom is 0.338 e. The summed E-state index contributed by atoms with van der Waals surface area (Å²) in [6.07, 6.45) is 3.99. The second-order valence-electron chi connectivity index (χ2n) is 8.03. The van der Waals surface area contributed by atoms with Gasteiger partial charge in [-0.05, 0) is 54.7 Å². The van der Waals surface area contributed by atoms with Crippen LogP contribution in [0.1, 0.15) is 56.0 Å². The van der Waals surface area contributed by atoms with E-state index >= 15 is 0 Å². The van der Waals surface area contributed by atoms with Gasteiger partial charge in [0.2, 0.25) is 5.91 Å². The average molecular weight is 376 g/mol. The minimum Gasteiger partial charge on any atom is -0.460 e. The molecule has 1 aromatic carbocycles. The van der Waals surface area contributed by atoms with E-state index in [4.69, 9.17) is 9.84 Å². The summed E-state index contributed by atoms with van der Waals surface area (Å²) >= 11 is 0. The summed E-state index contributed by atoms with van der Waals surface area (Å²) in [4.78, 5) is 24.6. The Morgan fingerprint density at radius 1 is 1.30 bits per heavy atom. The fraction of sp³-hybridized carbons (Fsp3) is 0.636. The largest absolute Gasteiger partial charge is 0.460 e. The van der Waals surface area contributed by atoms with Gasteiger partial charge < -0.3 is 15.2 Å². The van der Waals surface area contributed by atoms with Crippen molar-refractivity contribution in [1.29, 1.82) is 0 Å². The molecule has 1 saturated carbocycles. The average Bonchev–Trinajstić information content (AvgIpc) is 2.65. The van der Waals surface area contributed by atoms with Gasteiger partial charge in [-0.1, -0.05) is 39.3 Å². The van der Waals surface area contributed by atoms with E-state index in [-0.39, 0.29) is 25.0 Å². The van der Waals surface area contributed by atoms with Crippen LogP contribution < -0.4 is 5.32 Å². The maximum atomic E-state index is 12.7. The fourth-order valence-corrected chi connectivity index (χ4v) is 4.04. The first kappa shape index (κ1) is 21.4. The normalized spacial score (nSPS) is 22.5. The van der Waals surface area contributed by atoms with Gasteiger partial charge in [0, 0.05) is 12.5 Å². The first-order valence-electron chi connectivity index (χ1n) is 10.1. The van der Waals surface area contributed by atoms with E-state index in [9.17, 15) is 9.59 Å². The van der Waals surface area contributed by atoms with Crippen LogP contribution in [0.5, 0.6) is 0 Å². The van der Waals surface area contributed by atoms with Gasteiger partial charge in [0.1, 0.15) is 6.61 Å². The first-order valence-corrected chi connectivity index (χ1v) is 10.1.